The Morgan fingerprint density at radius 1 is 0.758 bits per heavy atom. The Morgan fingerprint density at radius 2 is 1.30 bits per heavy atom. The average Bonchev–Trinajstić information content (AvgIpc) is 2.83. The van der Waals surface area contributed by atoms with Crippen molar-refractivity contribution in [3.63, 3.8) is 0 Å². The van der Waals surface area contributed by atoms with Crippen molar-refractivity contribution in [2.24, 2.45) is 0 Å². The molecule has 0 radical (unpaired) electrons. The van der Waals surface area contributed by atoms with Crippen molar-refractivity contribution in [1.29, 1.82) is 0 Å². The van der Waals surface area contributed by atoms with E-state index in [4.69, 9.17) is 9.84 Å². The molecule has 1 N–H and O–H groups in total. The maximum absolute atomic E-state index is 8.86. The largest absolute Gasteiger partial charge is 0.489 e. The van der Waals surface area contributed by atoms with Gasteiger partial charge in [-0.2, -0.15) is 0 Å². The number of para-hydroxylation sites is 1. The molecule has 0 amide bonds. The summed E-state index contributed by atoms with van der Waals surface area (Å²) in [4.78, 5) is 0. The van der Waals surface area contributed by atoms with E-state index < -0.39 is 0 Å². The fourth-order valence-electron chi connectivity index (χ4n) is 2.92. The summed E-state index contributed by atoms with van der Waals surface area (Å²) in [6, 6.07) is 24.8. The van der Waals surface area contributed by atoms with Gasteiger partial charge in [0, 0.05) is 18.3 Å². The van der Waals surface area contributed by atoms with Gasteiger partial charge in [0.25, 0.3) is 5.76 Å². The second-order valence-electron chi connectivity index (χ2n) is 7.74. The number of benzene rings is 3. The Kier molecular flexibility index (Phi) is 11.2. The Morgan fingerprint density at radius 3 is 1.76 bits per heavy atom. The summed E-state index contributed by atoms with van der Waals surface area (Å²) >= 11 is 3.41. The maximum atomic E-state index is 8.86. The van der Waals surface area contributed by atoms with Crippen LogP contribution in [0, 0.1) is 26.8 Å². The van der Waals surface area contributed by atoms with Crippen molar-refractivity contribution in [2.75, 3.05) is 0 Å². The van der Waals surface area contributed by atoms with Gasteiger partial charge >= 0.3 is 0 Å². The van der Waals surface area contributed by atoms with Crippen LogP contribution in [0.25, 0.3) is 0 Å². The summed E-state index contributed by atoms with van der Waals surface area (Å²) in [5, 5.41) is 9.82. The molecule has 0 fully saturated rings. The number of alkyl halides is 1. The minimum absolute atomic E-state index is 0.243. The number of aryl methyl sites for hydroxylation is 3. The third-order valence-corrected chi connectivity index (χ3v) is 5.78. The summed E-state index contributed by atoms with van der Waals surface area (Å²) in [5.41, 5.74) is 7.29. The van der Waals surface area contributed by atoms with Crippen molar-refractivity contribution in [3.8, 4) is 5.75 Å². The summed E-state index contributed by atoms with van der Waals surface area (Å²) in [6.45, 7) is 8.77. The molecule has 4 rings (SSSR count). The third-order valence-electron chi connectivity index (χ3n) is 5.18. The molecule has 3 heteroatoms. The number of aliphatic hydroxyl groups is 1. The molecular formula is C30H32BrO2+. The average molecular weight is 504 g/mol. The van der Waals surface area contributed by atoms with Crippen molar-refractivity contribution in [2.45, 2.75) is 39.6 Å². The quantitative estimate of drug-likeness (QED) is 0.285. The predicted molar refractivity (Wildman–Crippen MR) is 143 cm³/mol. The van der Waals surface area contributed by atoms with Gasteiger partial charge in [-0.05, 0) is 54.7 Å². The highest BCUT2D eigenvalue weighted by molar-refractivity contribution is 9.08. The van der Waals surface area contributed by atoms with Gasteiger partial charge in [0.1, 0.15) is 24.0 Å². The second-order valence-corrected chi connectivity index (χ2v) is 8.30. The van der Waals surface area contributed by atoms with Gasteiger partial charge in [-0.25, -0.2) is 0 Å². The van der Waals surface area contributed by atoms with Crippen molar-refractivity contribution < 1.29 is 9.84 Å². The standard InChI is InChI=1S/C15H16O.C8H9Br.C7H6O/c1-12-7-3-5-9-14(12)11-16-15-10-6-4-8-13(15)2;1-7-4-2-3-5-8(7)6-9;1-6-4-2-3-5-7(6)8/h3-10H,11H2,1-2H3;2-5H,6H2,1H3;2-4H,1H3/p+1. The van der Waals surface area contributed by atoms with Crippen LogP contribution in [-0.4, -0.2) is 5.11 Å². The lowest BCUT2D eigenvalue weighted by molar-refractivity contribution is 0.303. The third kappa shape index (κ3) is 9.10. The molecule has 0 aromatic heterocycles. The summed E-state index contributed by atoms with van der Waals surface area (Å²) in [5.74, 6) is 1.21. The van der Waals surface area contributed by atoms with Gasteiger partial charge in [-0.15, -0.1) is 0 Å². The number of allylic oxidation sites excluding steroid dienone is 5. The summed E-state index contributed by atoms with van der Waals surface area (Å²) in [6.07, 6.45) is 8.02. The Bertz CT molecular complexity index is 1040. The van der Waals surface area contributed by atoms with E-state index >= 15 is 0 Å². The van der Waals surface area contributed by atoms with Crippen LogP contribution >= 0.6 is 15.9 Å². The van der Waals surface area contributed by atoms with E-state index in [0.29, 0.717) is 6.61 Å². The molecule has 0 heterocycles. The number of hydrogen-bond donors (Lipinski definition) is 1. The van der Waals surface area contributed by atoms with Gasteiger partial charge in [-0.1, -0.05) is 82.7 Å². The van der Waals surface area contributed by atoms with Crippen LogP contribution in [0.5, 0.6) is 5.75 Å². The van der Waals surface area contributed by atoms with Gasteiger partial charge in [0.05, 0.1) is 12.2 Å². The molecule has 0 unspecified atom stereocenters. The molecule has 3 aromatic carbocycles. The normalized spacial score (nSPS) is 11.5. The van der Waals surface area contributed by atoms with Crippen molar-refractivity contribution in [1.82, 2.24) is 0 Å². The van der Waals surface area contributed by atoms with E-state index in [9.17, 15) is 0 Å². The molecule has 1 aliphatic carbocycles. The molecule has 0 bridgehead atoms. The zero-order valence-corrected chi connectivity index (χ0v) is 21.4. The topological polar surface area (TPSA) is 29.5 Å². The highest BCUT2D eigenvalue weighted by atomic mass is 79.9. The van der Waals surface area contributed by atoms with Gasteiger partial charge in [0.15, 0.2) is 0 Å². The van der Waals surface area contributed by atoms with E-state index in [1.54, 1.807) is 6.08 Å². The minimum atomic E-state index is 0.243. The molecule has 1 aliphatic rings. The van der Waals surface area contributed by atoms with Crippen molar-refractivity contribution in [3.05, 3.63) is 136 Å². The van der Waals surface area contributed by atoms with Crippen LogP contribution in [0.15, 0.2) is 102 Å². The number of rotatable bonds is 4. The number of ether oxygens (including phenoxy) is 1. The number of halogens is 1. The smallest absolute Gasteiger partial charge is 0.289 e. The highest BCUT2D eigenvalue weighted by Crippen LogP contribution is 2.18. The first kappa shape index (κ1) is 26.1. The molecule has 3 aromatic rings. The lowest BCUT2D eigenvalue weighted by atomic mass is 10.1. The first-order chi connectivity index (χ1) is 15.9. The van der Waals surface area contributed by atoms with Crippen LogP contribution in [-0.2, 0) is 11.9 Å². The minimum Gasteiger partial charge on any atom is -0.489 e. The van der Waals surface area contributed by atoms with E-state index in [1.807, 2.05) is 49.4 Å². The molecule has 2 nitrogen and oxygen atoms in total. The second kappa shape index (κ2) is 14.1. The lowest BCUT2D eigenvalue weighted by Gasteiger charge is -2.10. The molecule has 0 aliphatic heterocycles. The van der Waals surface area contributed by atoms with Crippen LogP contribution in [0.3, 0.4) is 0 Å². The van der Waals surface area contributed by atoms with Gasteiger partial charge < -0.3 is 9.84 Å². The monoisotopic (exact) mass is 503 g/mol. The molecule has 33 heavy (non-hydrogen) atoms. The number of hydrogen-bond acceptors (Lipinski definition) is 2. The van der Waals surface area contributed by atoms with E-state index in [1.165, 1.54) is 27.8 Å². The van der Waals surface area contributed by atoms with Crippen LogP contribution in [0.2, 0.25) is 0 Å². The highest BCUT2D eigenvalue weighted by Gasteiger charge is 2.06. The zero-order valence-electron chi connectivity index (χ0n) is 19.8. The Hall–Kier alpha value is -3.13. The van der Waals surface area contributed by atoms with E-state index in [-0.39, 0.29) is 5.76 Å². The predicted octanol–water partition coefficient (Wildman–Crippen LogP) is 8.52. The fraction of sp³-hybridized carbons (Fsp3) is 0.200. The molecule has 170 valence electrons. The van der Waals surface area contributed by atoms with Gasteiger partial charge in [0.2, 0.25) is 0 Å². The first-order valence-electron chi connectivity index (χ1n) is 10.9. The zero-order chi connectivity index (χ0) is 24.1. The molecular weight excluding hydrogens is 472 g/mol. The van der Waals surface area contributed by atoms with E-state index in [2.05, 4.69) is 85.2 Å². The maximum Gasteiger partial charge on any atom is 0.289 e. The van der Waals surface area contributed by atoms with Crippen LogP contribution in [0.4, 0.5) is 0 Å². The SMILES string of the molecule is CC1=CC=C[C+]=C1O.Cc1ccccc1CBr.Cc1ccccc1COc1ccccc1C. The fourth-order valence-corrected chi connectivity index (χ4v) is 3.55. The van der Waals surface area contributed by atoms with Crippen LogP contribution < -0.4 is 4.74 Å². The molecule has 0 spiro atoms. The van der Waals surface area contributed by atoms with E-state index in [0.717, 1.165) is 16.7 Å². The Balaban J connectivity index is 0.000000192. The Labute approximate surface area is 207 Å². The molecule has 0 atom stereocenters. The first-order valence-corrected chi connectivity index (χ1v) is 12.0. The molecule has 0 saturated carbocycles. The summed E-state index contributed by atoms with van der Waals surface area (Å²) < 4.78 is 5.80. The molecule has 0 saturated heterocycles. The van der Waals surface area contributed by atoms with Crippen LogP contribution in [0.1, 0.15) is 34.7 Å². The summed E-state index contributed by atoms with van der Waals surface area (Å²) in [7, 11) is 0. The lowest BCUT2D eigenvalue weighted by Crippen LogP contribution is -1.98. The van der Waals surface area contributed by atoms with Gasteiger partial charge in [-0.3, -0.25) is 0 Å². The van der Waals surface area contributed by atoms with Crippen molar-refractivity contribution >= 4 is 15.9 Å². The number of aliphatic hydroxyl groups excluding tert-OH is 1.